The number of rotatable bonds is 2. The molecular formula is C26H39N3O4. The summed E-state index contributed by atoms with van der Waals surface area (Å²) >= 11 is 0. The largest absolute Gasteiger partial charge is 0.452 e. The third-order valence-electron chi connectivity index (χ3n) is 8.04. The third-order valence-corrected chi connectivity index (χ3v) is 8.04. The lowest BCUT2D eigenvalue weighted by molar-refractivity contribution is -0.0419. The average molecular weight is 458 g/mol. The molecule has 0 bridgehead atoms. The predicted octanol–water partition coefficient (Wildman–Crippen LogP) is 5.15. The molecule has 2 aliphatic heterocycles. The van der Waals surface area contributed by atoms with Crippen LogP contribution in [0.4, 0.5) is 21.0 Å². The van der Waals surface area contributed by atoms with Crippen molar-refractivity contribution in [2.45, 2.75) is 84.3 Å². The number of piperidine rings is 1. The Morgan fingerprint density at radius 3 is 2.39 bits per heavy atom. The Morgan fingerprint density at radius 2 is 1.82 bits per heavy atom. The molecule has 1 unspecified atom stereocenters. The zero-order chi connectivity index (χ0) is 24.0. The molecule has 7 nitrogen and oxygen atoms in total. The van der Waals surface area contributed by atoms with Crippen molar-refractivity contribution in [3.8, 4) is 0 Å². The molecule has 7 heteroatoms. The lowest BCUT2D eigenvalue weighted by atomic mass is 9.54. The number of nitrogen functional groups attached to an aromatic ring is 1. The van der Waals surface area contributed by atoms with Gasteiger partial charge >= 0.3 is 12.2 Å². The van der Waals surface area contributed by atoms with Gasteiger partial charge in [-0.1, -0.05) is 6.07 Å². The van der Waals surface area contributed by atoms with Gasteiger partial charge in [0.15, 0.2) is 0 Å². The summed E-state index contributed by atoms with van der Waals surface area (Å²) in [6.07, 6.45) is 6.66. The van der Waals surface area contributed by atoms with E-state index >= 15 is 0 Å². The fraction of sp³-hybridized carbons (Fsp3) is 0.692. The summed E-state index contributed by atoms with van der Waals surface area (Å²) in [4.78, 5) is 28.4. The molecule has 1 aliphatic carbocycles. The van der Waals surface area contributed by atoms with Crippen molar-refractivity contribution < 1.29 is 19.1 Å². The van der Waals surface area contributed by atoms with Crippen LogP contribution < -0.4 is 10.6 Å². The van der Waals surface area contributed by atoms with Crippen LogP contribution in [0.25, 0.3) is 0 Å². The average Bonchev–Trinajstić information content (AvgIpc) is 2.76. The van der Waals surface area contributed by atoms with Gasteiger partial charge in [0.25, 0.3) is 0 Å². The summed E-state index contributed by atoms with van der Waals surface area (Å²) < 4.78 is 10.6. The van der Waals surface area contributed by atoms with Gasteiger partial charge in [0.1, 0.15) is 5.60 Å². The van der Waals surface area contributed by atoms with Gasteiger partial charge in [-0.05, 0) is 101 Å². The van der Waals surface area contributed by atoms with Crippen LogP contribution in [0.15, 0.2) is 12.1 Å². The van der Waals surface area contributed by atoms with Gasteiger partial charge < -0.3 is 20.1 Å². The molecule has 0 radical (unpaired) electrons. The molecule has 182 valence electrons. The first-order valence-corrected chi connectivity index (χ1v) is 12.3. The Kier molecular flexibility index (Phi) is 6.27. The van der Waals surface area contributed by atoms with Crippen molar-refractivity contribution in [2.75, 3.05) is 30.8 Å². The highest BCUT2D eigenvalue weighted by Gasteiger charge is 2.48. The molecule has 33 heavy (non-hydrogen) atoms. The van der Waals surface area contributed by atoms with Gasteiger partial charge in [-0.25, -0.2) is 9.59 Å². The molecule has 2 amide bonds. The normalized spacial score (nSPS) is 24.2. The molecule has 3 aliphatic rings. The van der Waals surface area contributed by atoms with Crippen LogP contribution in [0.3, 0.4) is 0 Å². The summed E-state index contributed by atoms with van der Waals surface area (Å²) in [7, 11) is 1.42. The first-order chi connectivity index (χ1) is 15.5. The zero-order valence-electron chi connectivity index (χ0n) is 20.8. The van der Waals surface area contributed by atoms with Gasteiger partial charge in [0, 0.05) is 24.8 Å². The maximum absolute atomic E-state index is 12.5. The van der Waals surface area contributed by atoms with E-state index in [0.717, 1.165) is 62.1 Å². The fourth-order valence-corrected chi connectivity index (χ4v) is 5.92. The van der Waals surface area contributed by atoms with E-state index in [1.165, 1.54) is 25.5 Å². The Labute approximate surface area is 197 Å². The number of nitrogens with two attached hydrogens (primary N) is 1. The van der Waals surface area contributed by atoms with E-state index in [4.69, 9.17) is 15.2 Å². The second kappa shape index (κ2) is 8.73. The molecule has 0 aromatic heterocycles. The van der Waals surface area contributed by atoms with Crippen LogP contribution in [-0.4, -0.2) is 48.9 Å². The standard InChI is InChI=1S/C26H39N3O4/c1-17-6-8-20-21(29(17)24(31)32-5)9-7-18(22(20)27)16-19-10-11-26(19)12-14-28(15-13-26)23(30)33-25(2,3)4/h7,9,17,19H,6,8,10-16,27H2,1-5H3/t17-,19?/m0/s1. The minimum absolute atomic E-state index is 0.0975. The number of hydrogen-bond donors (Lipinski definition) is 1. The number of hydrogen-bond acceptors (Lipinski definition) is 5. The number of anilines is 2. The first kappa shape index (κ1) is 23.7. The summed E-state index contributed by atoms with van der Waals surface area (Å²) in [6.45, 7) is 9.30. The van der Waals surface area contributed by atoms with Crippen LogP contribution in [0.5, 0.6) is 0 Å². The summed E-state index contributed by atoms with van der Waals surface area (Å²) in [6, 6.07) is 4.24. The molecular weight excluding hydrogens is 418 g/mol. The van der Waals surface area contributed by atoms with E-state index in [-0.39, 0.29) is 18.2 Å². The highest BCUT2D eigenvalue weighted by atomic mass is 16.6. The van der Waals surface area contributed by atoms with Crippen molar-refractivity contribution in [3.05, 3.63) is 23.3 Å². The first-order valence-electron chi connectivity index (χ1n) is 12.3. The molecule has 1 aromatic rings. The van der Waals surface area contributed by atoms with Gasteiger partial charge in [0.2, 0.25) is 0 Å². The van der Waals surface area contributed by atoms with Crippen LogP contribution in [0.1, 0.15) is 70.9 Å². The predicted molar refractivity (Wildman–Crippen MR) is 129 cm³/mol. The highest BCUT2D eigenvalue weighted by molar-refractivity contribution is 5.91. The molecule has 1 aromatic carbocycles. The molecule has 2 fully saturated rings. The van der Waals surface area contributed by atoms with E-state index in [0.29, 0.717) is 11.3 Å². The minimum Gasteiger partial charge on any atom is -0.452 e. The number of methoxy groups -OCH3 is 1. The number of likely N-dealkylation sites (tertiary alicyclic amines) is 1. The van der Waals surface area contributed by atoms with Gasteiger partial charge in [-0.3, -0.25) is 4.90 Å². The lowest BCUT2D eigenvalue weighted by Crippen LogP contribution is -2.52. The van der Waals surface area contributed by atoms with Crippen LogP contribution >= 0.6 is 0 Å². The van der Waals surface area contributed by atoms with Gasteiger partial charge in [-0.15, -0.1) is 0 Å². The topological polar surface area (TPSA) is 85.1 Å². The van der Waals surface area contributed by atoms with Gasteiger partial charge in [0.05, 0.1) is 12.8 Å². The van der Waals surface area contributed by atoms with Crippen LogP contribution in [0, 0.1) is 11.3 Å². The van der Waals surface area contributed by atoms with Crippen molar-refractivity contribution >= 4 is 23.6 Å². The Balaban J connectivity index is 1.44. The van der Waals surface area contributed by atoms with Gasteiger partial charge in [-0.2, -0.15) is 0 Å². The van der Waals surface area contributed by atoms with Crippen molar-refractivity contribution in [1.82, 2.24) is 4.90 Å². The lowest BCUT2D eigenvalue weighted by Gasteiger charge is -2.54. The number of ether oxygens (including phenoxy) is 2. The number of carbonyl (C=O) groups is 2. The molecule has 2 atom stereocenters. The Morgan fingerprint density at radius 1 is 1.12 bits per heavy atom. The van der Waals surface area contributed by atoms with E-state index in [9.17, 15) is 9.59 Å². The Hall–Kier alpha value is -2.44. The number of amides is 2. The monoisotopic (exact) mass is 457 g/mol. The zero-order valence-corrected chi connectivity index (χ0v) is 20.8. The van der Waals surface area contributed by atoms with Crippen molar-refractivity contribution in [3.63, 3.8) is 0 Å². The second-order valence-electron chi connectivity index (χ2n) is 11.1. The molecule has 1 saturated carbocycles. The number of nitrogens with zero attached hydrogens (tertiary/aromatic N) is 2. The van der Waals surface area contributed by atoms with Crippen molar-refractivity contribution in [2.24, 2.45) is 11.3 Å². The van der Waals surface area contributed by atoms with E-state index in [1.807, 2.05) is 38.7 Å². The smallest absolute Gasteiger partial charge is 0.414 e. The summed E-state index contributed by atoms with van der Waals surface area (Å²) in [5, 5.41) is 0. The third kappa shape index (κ3) is 4.51. The molecule has 2 N–H and O–H groups in total. The molecule has 1 saturated heterocycles. The molecule has 2 heterocycles. The maximum atomic E-state index is 12.5. The van der Waals surface area contributed by atoms with E-state index < -0.39 is 5.60 Å². The summed E-state index contributed by atoms with van der Waals surface area (Å²) in [5.41, 5.74) is 10.5. The number of fused-ring (bicyclic) bond motifs is 1. The fourth-order valence-electron chi connectivity index (χ4n) is 5.92. The maximum Gasteiger partial charge on any atom is 0.414 e. The SMILES string of the molecule is COC(=O)N1c2ccc(CC3CCC34CCN(C(=O)OC(C)(C)C)CC4)c(N)c2CC[C@@H]1C. The highest BCUT2D eigenvalue weighted by Crippen LogP contribution is 2.55. The number of carbonyl (C=O) groups excluding carboxylic acids is 2. The number of benzene rings is 1. The summed E-state index contributed by atoms with van der Waals surface area (Å²) in [5.74, 6) is 0.581. The quantitative estimate of drug-likeness (QED) is 0.621. The van der Waals surface area contributed by atoms with Crippen LogP contribution in [0.2, 0.25) is 0 Å². The minimum atomic E-state index is -0.462. The van der Waals surface area contributed by atoms with E-state index in [2.05, 4.69) is 6.07 Å². The van der Waals surface area contributed by atoms with Crippen LogP contribution in [-0.2, 0) is 22.3 Å². The Bertz CT molecular complexity index is 915. The molecule has 4 rings (SSSR count). The van der Waals surface area contributed by atoms with Crippen molar-refractivity contribution in [1.29, 1.82) is 0 Å². The second-order valence-corrected chi connectivity index (χ2v) is 11.1. The van der Waals surface area contributed by atoms with E-state index in [1.54, 1.807) is 4.90 Å². The molecule has 1 spiro atoms.